The van der Waals surface area contributed by atoms with Gasteiger partial charge in [-0.05, 0) is 60.0 Å². The van der Waals surface area contributed by atoms with Gasteiger partial charge in [0.15, 0.2) is 0 Å². The van der Waals surface area contributed by atoms with Gasteiger partial charge in [0, 0.05) is 19.5 Å². The summed E-state index contributed by atoms with van der Waals surface area (Å²) in [6.07, 6.45) is 2.70. The van der Waals surface area contributed by atoms with Crippen LogP contribution in [-0.2, 0) is 13.0 Å². The molecule has 0 fully saturated rings. The normalized spacial score (nSPS) is 12.1. The smallest absolute Gasteiger partial charge is 0.261 e. The molecule has 2 aromatic heterocycles. The van der Waals surface area contributed by atoms with Gasteiger partial charge < -0.3 is 14.6 Å². The lowest BCUT2D eigenvalue weighted by molar-refractivity contribution is 0.0958. The van der Waals surface area contributed by atoms with E-state index in [2.05, 4.69) is 54.1 Å². The maximum Gasteiger partial charge on any atom is 0.261 e. The first-order chi connectivity index (χ1) is 16.2. The lowest BCUT2D eigenvalue weighted by Crippen LogP contribution is -2.25. The van der Waals surface area contributed by atoms with Crippen LogP contribution in [0.3, 0.4) is 0 Å². The van der Waals surface area contributed by atoms with E-state index in [0.717, 1.165) is 46.9 Å². The summed E-state index contributed by atoms with van der Waals surface area (Å²) in [5.41, 5.74) is 3.46. The fourth-order valence-corrected chi connectivity index (χ4v) is 4.53. The molecule has 0 bridgehead atoms. The number of nitrogens with zero attached hydrogens (tertiary/aromatic N) is 2. The predicted octanol–water partition coefficient (Wildman–Crippen LogP) is 6.05. The van der Waals surface area contributed by atoms with Crippen LogP contribution in [-0.4, -0.2) is 28.6 Å². The first kappa shape index (κ1) is 23.1. The van der Waals surface area contributed by atoms with Gasteiger partial charge in [0.05, 0.1) is 22.5 Å². The standard InChI is InChI=1S/C27H31N3O2S/c1-3-20(2)21-11-13-22(14-12-21)32-18-7-17-30-24-9-5-4-8-23(24)29-26(30)15-16-28-27(31)25-10-6-19-33-25/h4-6,8-14,19-20H,3,7,15-18H2,1-2H3,(H,28,31). The predicted molar refractivity (Wildman–Crippen MR) is 135 cm³/mol. The highest BCUT2D eigenvalue weighted by atomic mass is 32.1. The molecule has 1 unspecified atom stereocenters. The molecule has 4 aromatic rings. The van der Waals surface area contributed by atoms with E-state index in [4.69, 9.17) is 9.72 Å². The van der Waals surface area contributed by atoms with Gasteiger partial charge in [0.1, 0.15) is 11.6 Å². The average molecular weight is 462 g/mol. The maximum atomic E-state index is 12.2. The van der Waals surface area contributed by atoms with Crippen molar-refractivity contribution < 1.29 is 9.53 Å². The van der Waals surface area contributed by atoms with Crippen molar-refractivity contribution in [2.45, 2.75) is 45.6 Å². The number of fused-ring (bicyclic) bond motifs is 1. The molecule has 0 saturated carbocycles. The van der Waals surface area contributed by atoms with Crippen molar-refractivity contribution >= 4 is 28.3 Å². The molecule has 6 heteroatoms. The van der Waals surface area contributed by atoms with E-state index in [1.54, 1.807) is 0 Å². The van der Waals surface area contributed by atoms with Crippen molar-refractivity contribution in [1.82, 2.24) is 14.9 Å². The van der Waals surface area contributed by atoms with Crippen LogP contribution in [0.5, 0.6) is 5.75 Å². The van der Waals surface area contributed by atoms with Crippen LogP contribution in [0.25, 0.3) is 11.0 Å². The fourth-order valence-electron chi connectivity index (χ4n) is 3.89. The van der Waals surface area contributed by atoms with Crippen LogP contribution < -0.4 is 10.1 Å². The number of rotatable bonds is 11. The second-order valence-corrected chi connectivity index (χ2v) is 9.18. The molecule has 1 atom stereocenters. The molecule has 0 spiro atoms. The number of nitrogens with one attached hydrogen (secondary N) is 1. The van der Waals surface area contributed by atoms with E-state index >= 15 is 0 Å². The van der Waals surface area contributed by atoms with Crippen LogP contribution in [0.2, 0.25) is 0 Å². The molecule has 2 heterocycles. The number of amides is 1. The summed E-state index contributed by atoms with van der Waals surface area (Å²) in [5.74, 6) is 2.44. The Labute approximate surface area is 199 Å². The summed E-state index contributed by atoms with van der Waals surface area (Å²) in [6, 6.07) is 20.4. The second kappa shape index (κ2) is 11.1. The molecule has 0 saturated heterocycles. The fraction of sp³-hybridized carbons (Fsp3) is 0.333. The summed E-state index contributed by atoms with van der Waals surface area (Å²) < 4.78 is 8.24. The van der Waals surface area contributed by atoms with Crippen LogP contribution in [0.4, 0.5) is 0 Å². The minimum atomic E-state index is -0.0274. The van der Waals surface area contributed by atoms with E-state index in [1.165, 1.54) is 16.9 Å². The van der Waals surface area contributed by atoms with E-state index < -0.39 is 0 Å². The summed E-state index contributed by atoms with van der Waals surface area (Å²) >= 11 is 1.45. The Kier molecular flexibility index (Phi) is 7.79. The number of imidazole rings is 1. The number of ether oxygens (including phenoxy) is 1. The number of thiophene rings is 1. The number of aryl methyl sites for hydroxylation is 1. The third-order valence-corrected chi connectivity index (χ3v) is 6.84. The molecular weight excluding hydrogens is 430 g/mol. The van der Waals surface area contributed by atoms with Gasteiger partial charge in [-0.1, -0.05) is 44.2 Å². The molecule has 0 aliphatic heterocycles. The molecule has 0 radical (unpaired) electrons. The van der Waals surface area contributed by atoms with Crippen molar-refractivity contribution in [3.05, 3.63) is 82.3 Å². The number of hydrogen-bond acceptors (Lipinski definition) is 4. The first-order valence-corrected chi connectivity index (χ1v) is 12.5. The Bertz CT molecular complexity index is 1170. The van der Waals surface area contributed by atoms with E-state index in [0.29, 0.717) is 25.5 Å². The third-order valence-electron chi connectivity index (χ3n) is 5.97. The van der Waals surface area contributed by atoms with Gasteiger partial charge in [0.25, 0.3) is 5.91 Å². The number of carbonyl (C=O) groups excluding carboxylic acids is 1. The maximum absolute atomic E-state index is 12.2. The molecule has 1 N–H and O–H groups in total. The van der Waals surface area contributed by atoms with Gasteiger partial charge in [-0.3, -0.25) is 4.79 Å². The number of hydrogen-bond donors (Lipinski definition) is 1. The highest BCUT2D eigenvalue weighted by molar-refractivity contribution is 7.12. The lowest BCUT2D eigenvalue weighted by Gasteiger charge is -2.12. The van der Waals surface area contributed by atoms with Crippen molar-refractivity contribution in [3.63, 3.8) is 0 Å². The second-order valence-electron chi connectivity index (χ2n) is 8.23. The van der Waals surface area contributed by atoms with E-state index in [-0.39, 0.29) is 5.91 Å². The number of carbonyl (C=O) groups is 1. The number of para-hydroxylation sites is 2. The quantitative estimate of drug-likeness (QED) is 0.277. The molecule has 33 heavy (non-hydrogen) atoms. The molecule has 172 valence electrons. The molecular formula is C27H31N3O2S. The first-order valence-electron chi connectivity index (χ1n) is 11.6. The molecule has 1 amide bonds. The summed E-state index contributed by atoms with van der Waals surface area (Å²) in [4.78, 5) is 17.8. The Morgan fingerprint density at radius 2 is 1.94 bits per heavy atom. The van der Waals surface area contributed by atoms with Crippen LogP contribution in [0, 0.1) is 0 Å². The summed E-state index contributed by atoms with van der Waals surface area (Å²) in [5, 5.41) is 4.92. The molecule has 0 aliphatic rings. The van der Waals surface area contributed by atoms with Crippen molar-refractivity contribution in [2.75, 3.05) is 13.2 Å². The van der Waals surface area contributed by atoms with E-state index in [9.17, 15) is 4.79 Å². The highest BCUT2D eigenvalue weighted by Gasteiger charge is 2.12. The van der Waals surface area contributed by atoms with Gasteiger partial charge in [-0.2, -0.15) is 0 Å². The zero-order valence-corrected chi connectivity index (χ0v) is 20.1. The Morgan fingerprint density at radius 3 is 2.70 bits per heavy atom. The van der Waals surface area contributed by atoms with Gasteiger partial charge in [-0.15, -0.1) is 11.3 Å². The Hall–Kier alpha value is -3.12. The monoisotopic (exact) mass is 461 g/mol. The molecule has 5 nitrogen and oxygen atoms in total. The molecule has 0 aliphatic carbocycles. The van der Waals surface area contributed by atoms with Crippen LogP contribution in [0.1, 0.15) is 53.7 Å². The van der Waals surface area contributed by atoms with Gasteiger partial charge >= 0.3 is 0 Å². The zero-order chi connectivity index (χ0) is 23.0. The topological polar surface area (TPSA) is 56.1 Å². The van der Waals surface area contributed by atoms with Crippen LogP contribution >= 0.6 is 11.3 Å². The van der Waals surface area contributed by atoms with Crippen LogP contribution in [0.15, 0.2) is 66.0 Å². The third kappa shape index (κ3) is 5.82. The molecule has 4 rings (SSSR count). The zero-order valence-electron chi connectivity index (χ0n) is 19.3. The lowest BCUT2D eigenvalue weighted by atomic mass is 9.99. The average Bonchev–Trinajstić information content (AvgIpc) is 3.50. The molecule has 2 aromatic carbocycles. The highest BCUT2D eigenvalue weighted by Crippen LogP contribution is 2.22. The summed E-state index contributed by atoms with van der Waals surface area (Å²) in [7, 11) is 0. The number of aromatic nitrogens is 2. The Balaban J connectivity index is 1.34. The van der Waals surface area contributed by atoms with Crippen molar-refractivity contribution in [1.29, 1.82) is 0 Å². The minimum absolute atomic E-state index is 0.0274. The van der Waals surface area contributed by atoms with Crippen molar-refractivity contribution in [2.24, 2.45) is 0 Å². The van der Waals surface area contributed by atoms with Gasteiger partial charge in [-0.25, -0.2) is 4.98 Å². The van der Waals surface area contributed by atoms with Crippen molar-refractivity contribution in [3.8, 4) is 5.75 Å². The largest absolute Gasteiger partial charge is 0.494 e. The Morgan fingerprint density at radius 1 is 1.12 bits per heavy atom. The minimum Gasteiger partial charge on any atom is -0.494 e. The van der Waals surface area contributed by atoms with E-state index in [1.807, 2.05) is 35.7 Å². The number of benzene rings is 2. The van der Waals surface area contributed by atoms with Gasteiger partial charge in [0.2, 0.25) is 0 Å². The SMILES string of the molecule is CCC(C)c1ccc(OCCCn2c(CCNC(=O)c3cccs3)nc3ccccc32)cc1. The summed E-state index contributed by atoms with van der Waals surface area (Å²) in [6.45, 7) is 6.47.